The highest BCUT2D eigenvalue weighted by Crippen LogP contribution is 2.27. The molecule has 2 saturated heterocycles. The van der Waals surface area contributed by atoms with Crippen molar-refractivity contribution in [1.29, 1.82) is 0 Å². The van der Waals surface area contributed by atoms with E-state index < -0.39 is 55.9 Å². The lowest BCUT2D eigenvalue weighted by Gasteiger charge is -2.34. The SMILES string of the molecule is Cc1ccc(S(=O)(=O)N(C(=O)C2NCC(=O)SC2=O)[C@@H](Cc2ccc(OC(=O)N3CCOCC3)cc2)C(=O)OC(C)(C)C)cc1. The molecule has 0 spiro atoms. The number of nitrogens with one attached hydrogen (secondary N) is 1. The highest BCUT2D eigenvalue weighted by atomic mass is 32.2. The van der Waals surface area contributed by atoms with E-state index in [1.807, 2.05) is 0 Å². The highest BCUT2D eigenvalue weighted by molar-refractivity contribution is 8.26. The molecule has 2 aromatic carbocycles. The summed E-state index contributed by atoms with van der Waals surface area (Å²) in [4.78, 5) is 66.0. The maximum absolute atomic E-state index is 14.1. The van der Waals surface area contributed by atoms with Crippen molar-refractivity contribution >= 4 is 50.0 Å². The van der Waals surface area contributed by atoms with Crippen LogP contribution in [0.1, 0.15) is 31.9 Å². The Hall–Kier alpha value is -3.79. The van der Waals surface area contributed by atoms with Crippen molar-refractivity contribution in [3.8, 4) is 5.75 Å². The molecule has 0 aliphatic carbocycles. The number of morpholine rings is 1. The molecule has 2 fully saturated rings. The molecule has 13 nitrogen and oxygen atoms in total. The topological polar surface area (TPSA) is 166 Å². The number of sulfonamides is 1. The van der Waals surface area contributed by atoms with Crippen LogP contribution in [0.4, 0.5) is 4.79 Å². The average molecular weight is 662 g/mol. The monoisotopic (exact) mass is 661 g/mol. The Bertz CT molecular complexity index is 1550. The van der Waals surface area contributed by atoms with E-state index in [9.17, 15) is 32.4 Å². The third kappa shape index (κ3) is 8.69. The number of amides is 2. The smallest absolute Gasteiger partial charge is 0.415 e. The number of hydrogen-bond acceptors (Lipinski definition) is 12. The Morgan fingerprint density at radius 1 is 1.04 bits per heavy atom. The van der Waals surface area contributed by atoms with Gasteiger partial charge in [0.2, 0.25) is 10.2 Å². The lowest BCUT2D eigenvalue weighted by Crippen LogP contribution is -2.60. The second-order valence-electron chi connectivity index (χ2n) is 11.4. The van der Waals surface area contributed by atoms with Crippen LogP contribution in [0.5, 0.6) is 5.75 Å². The lowest BCUT2D eigenvalue weighted by molar-refractivity contribution is -0.162. The van der Waals surface area contributed by atoms with Crippen molar-refractivity contribution in [2.75, 3.05) is 32.8 Å². The van der Waals surface area contributed by atoms with Crippen LogP contribution in [0.25, 0.3) is 0 Å². The second-order valence-corrected chi connectivity index (χ2v) is 14.3. The van der Waals surface area contributed by atoms with Crippen molar-refractivity contribution in [3.63, 3.8) is 0 Å². The summed E-state index contributed by atoms with van der Waals surface area (Å²) in [6.07, 6.45) is -0.893. The van der Waals surface area contributed by atoms with Gasteiger partial charge >= 0.3 is 12.1 Å². The minimum Gasteiger partial charge on any atom is -0.458 e. The van der Waals surface area contributed by atoms with Gasteiger partial charge in [-0.05, 0) is 69.3 Å². The molecular weight excluding hydrogens is 626 g/mol. The fourth-order valence-corrected chi connectivity index (χ4v) is 6.74. The van der Waals surface area contributed by atoms with E-state index in [4.69, 9.17) is 14.2 Å². The molecule has 4 rings (SSSR count). The third-order valence-electron chi connectivity index (χ3n) is 6.73. The number of esters is 1. The minimum absolute atomic E-state index is 0.211. The first-order chi connectivity index (χ1) is 21.2. The van der Waals surface area contributed by atoms with Crippen LogP contribution in [-0.2, 0) is 45.1 Å². The van der Waals surface area contributed by atoms with Crippen LogP contribution in [0, 0.1) is 6.92 Å². The van der Waals surface area contributed by atoms with Gasteiger partial charge in [0.05, 0.1) is 24.7 Å². The van der Waals surface area contributed by atoms with Gasteiger partial charge in [0, 0.05) is 19.5 Å². The Morgan fingerprint density at radius 3 is 2.24 bits per heavy atom. The van der Waals surface area contributed by atoms with Crippen molar-refractivity contribution < 1.29 is 46.6 Å². The van der Waals surface area contributed by atoms with Gasteiger partial charge in [0.1, 0.15) is 17.4 Å². The number of nitrogens with zero attached hydrogens (tertiary/aromatic N) is 2. The van der Waals surface area contributed by atoms with Gasteiger partial charge in [-0.25, -0.2) is 22.3 Å². The average Bonchev–Trinajstić information content (AvgIpc) is 2.97. The number of thioether (sulfide) groups is 1. The molecular formula is C30H35N3O10S2. The van der Waals surface area contributed by atoms with Crippen LogP contribution in [-0.4, -0.2) is 96.4 Å². The summed E-state index contributed by atoms with van der Waals surface area (Å²) >= 11 is 0.304. The molecule has 242 valence electrons. The van der Waals surface area contributed by atoms with Crippen LogP contribution in [0.15, 0.2) is 53.4 Å². The Labute approximate surface area is 265 Å². The van der Waals surface area contributed by atoms with Gasteiger partial charge in [-0.2, -0.15) is 0 Å². The molecule has 0 radical (unpaired) electrons. The van der Waals surface area contributed by atoms with Crippen LogP contribution >= 0.6 is 11.8 Å². The van der Waals surface area contributed by atoms with Crippen LogP contribution in [0.2, 0.25) is 0 Å². The number of hydrogen-bond donors (Lipinski definition) is 1. The molecule has 1 N–H and O–H groups in total. The Balaban J connectivity index is 1.71. The molecule has 2 amide bonds. The van der Waals surface area contributed by atoms with Gasteiger partial charge < -0.3 is 19.1 Å². The first-order valence-electron chi connectivity index (χ1n) is 14.1. The number of ether oxygens (including phenoxy) is 3. The van der Waals surface area contributed by atoms with E-state index in [2.05, 4.69) is 5.32 Å². The largest absolute Gasteiger partial charge is 0.458 e. The van der Waals surface area contributed by atoms with E-state index in [0.29, 0.717) is 47.9 Å². The zero-order valence-electron chi connectivity index (χ0n) is 25.3. The van der Waals surface area contributed by atoms with Crippen molar-refractivity contribution in [3.05, 3.63) is 59.7 Å². The molecule has 2 aliphatic heterocycles. The summed E-state index contributed by atoms with van der Waals surface area (Å²) in [5, 5.41) is 1.08. The Kier molecular flexibility index (Phi) is 10.7. The molecule has 1 unspecified atom stereocenters. The summed E-state index contributed by atoms with van der Waals surface area (Å²) < 4.78 is 44.9. The van der Waals surface area contributed by atoms with Crippen molar-refractivity contribution in [2.24, 2.45) is 0 Å². The highest BCUT2D eigenvalue weighted by Gasteiger charge is 2.47. The van der Waals surface area contributed by atoms with E-state index in [1.54, 1.807) is 27.7 Å². The molecule has 0 bridgehead atoms. The van der Waals surface area contributed by atoms with Gasteiger partial charge in [0.25, 0.3) is 15.9 Å². The lowest BCUT2D eigenvalue weighted by atomic mass is 10.0. The second kappa shape index (κ2) is 14.1. The van der Waals surface area contributed by atoms with Crippen molar-refractivity contribution in [2.45, 2.75) is 56.7 Å². The normalized spacial score (nSPS) is 18.2. The summed E-state index contributed by atoms with van der Waals surface area (Å²) in [6.45, 7) is 7.75. The molecule has 15 heteroatoms. The first-order valence-corrected chi connectivity index (χ1v) is 16.4. The van der Waals surface area contributed by atoms with E-state index >= 15 is 0 Å². The molecule has 2 aliphatic rings. The summed E-state index contributed by atoms with van der Waals surface area (Å²) in [7, 11) is -4.75. The predicted molar refractivity (Wildman–Crippen MR) is 163 cm³/mol. The van der Waals surface area contributed by atoms with E-state index in [1.165, 1.54) is 53.4 Å². The summed E-state index contributed by atoms with van der Waals surface area (Å²) in [5.74, 6) is -2.04. The van der Waals surface area contributed by atoms with Gasteiger partial charge in [0.15, 0.2) is 6.04 Å². The molecule has 2 heterocycles. The van der Waals surface area contributed by atoms with Gasteiger partial charge in [-0.3, -0.25) is 19.7 Å². The number of aryl methyl sites for hydroxylation is 1. The molecule has 2 aromatic rings. The third-order valence-corrected chi connectivity index (χ3v) is 9.36. The van der Waals surface area contributed by atoms with Gasteiger partial charge in [-0.15, -0.1) is 0 Å². The van der Waals surface area contributed by atoms with Gasteiger partial charge in [-0.1, -0.05) is 29.8 Å². The number of carbonyl (C=O) groups excluding carboxylic acids is 5. The number of carbonyl (C=O) groups is 5. The fourth-order valence-electron chi connectivity index (χ4n) is 4.51. The Morgan fingerprint density at radius 2 is 1.67 bits per heavy atom. The fraction of sp³-hybridized carbons (Fsp3) is 0.433. The molecule has 0 saturated carbocycles. The summed E-state index contributed by atoms with van der Waals surface area (Å²) in [6, 6.07) is 8.22. The van der Waals surface area contributed by atoms with Crippen LogP contribution < -0.4 is 10.1 Å². The van der Waals surface area contributed by atoms with Crippen LogP contribution in [0.3, 0.4) is 0 Å². The molecule has 45 heavy (non-hydrogen) atoms. The maximum Gasteiger partial charge on any atom is 0.415 e. The molecule has 0 aromatic heterocycles. The van der Waals surface area contributed by atoms with Crippen molar-refractivity contribution in [1.82, 2.24) is 14.5 Å². The maximum atomic E-state index is 14.1. The zero-order valence-corrected chi connectivity index (χ0v) is 26.9. The number of benzene rings is 2. The van der Waals surface area contributed by atoms with E-state index in [0.717, 1.165) is 5.56 Å². The quantitative estimate of drug-likeness (QED) is 0.324. The van der Waals surface area contributed by atoms with E-state index in [-0.39, 0.29) is 23.6 Å². The standard InChI is InChI=1S/C30H35N3O10S2/c1-19-5-11-22(12-6-19)45(39,40)33(26(35)25-28(37)44-24(34)18-31-25)23(27(36)43-30(2,3)4)17-20-7-9-21(10-8-20)42-29(38)32-13-15-41-16-14-32/h5-12,23,25,31H,13-18H2,1-4H3/t23-,25?/m0/s1. The number of rotatable bonds is 8. The first kappa shape index (κ1) is 34.1. The zero-order chi connectivity index (χ0) is 32.9. The summed E-state index contributed by atoms with van der Waals surface area (Å²) in [5.41, 5.74) is 0.0986. The minimum atomic E-state index is -4.75. The predicted octanol–water partition coefficient (Wildman–Crippen LogP) is 2.05. The molecule has 2 atom stereocenters.